The van der Waals surface area contributed by atoms with E-state index >= 15 is 0 Å². The molecule has 180 valence electrons. The zero-order chi connectivity index (χ0) is 24.2. The van der Waals surface area contributed by atoms with Gasteiger partial charge in [0.2, 0.25) is 5.91 Å². The third kappa shape index (κ3) is 4.77. The second kappa shape index (κ2) is 10.3. The van der Waals surface area contributed by atoms with Crippen molar-refractivity contribution in [2.75, 3.05) is 26.8 Å². The van der Waals surface area contributed by atoms with Crippen molar-refractivity contribution in [1.29, 1.82) is 0 Å². The van der Waals surface area contributed by atoms with Gasteiger partial charge in [-0.25, -0.2) is 4.79 Å². The smallest absolute Gasteiger partial charge is 0.332 e. The Bertz CT molecular complexity index is 1320. The van der Waals surface area contributed by atoms with Crippen molar-refractivity contribution < 1.29 is 19.1 Å². The Morgan fingerprint density at radius 2 is 2.00 bits per heavy atom. The highest BCUT2D eigenvalue weighted by Gasteiger charge is 2.30. The molecule has 0 aliphatic carbocycles. The van der Waals surface area contributed by atoms with Gasteiger partial charge in [-0.1, -0.05) is 12.1 Å². The summed E-state index contributed by atoms with van der Waals surface area (Å²) >= 11 is 1.24. The first kappa shape index (κ1) is 23.7. The summed E-state index contributed by atoms with van der Waals surface area (Å²) in [6, 6.07) is 8.84. The number of aromatic nitrogens is 2. The highest BCUT2D eigenvalue weighted by molar-refractivity contribution is 7.17. The van der Waals surface area contributed by atoms with Crippen molar-refractivity contribution in [2.45, 2.75) is 32.9 Å². The summed E-state index contributed by atoms with van der Waals surface area (Å²) in [5.41, 5.74) is 0.239. The summed E-state index contributed by atoms with van der Waals surface area (Å²) in [5.74, 6) is -0.309. The molecule has 9 nitrogen and oxygen atoms in total. The van der Waals surface area contributed by atoms with E-state index < -0.39 is 5.69 Å². The molecule has 3 heterocycles. The molecule has 3 aromatic rings. The maximum absolute atomic E-state index is 13.4. The molecule has 2 aromatic heterocycles. The van der Waals surface area contributed by atoms with Gasteiger partial charge in [0.1, 0.15) is 17.0 Å². The number of benzene rings is 1. The Balaban J connectivity index is 1.64. The third-order valence-corrected chi connectivity index (χ3v) is 6.89. The van der Waals surface area contributed by atoms with Gasteiger partial charge < -0.3 is 14.4 Å². The summed E-state index contributed by atoms with van der Waals surface area (Å²) in [6.45, 7) is 2.68. The lowest BCUT2D eigenvalue weighted by atomic mass is 9.98. The van der Waals surface area contributed by atoms with Crippen LogP contribution < -0.4 is 16.0 Å². The second-order valence-corrected chi connectivity index (χ2v) is 9.09. The quantitative estimate of drug-likeness (QED) is 0.475. The van der Waals surface area contributed by atoms with Crippen LogP contribution in [0.3, 0.4) is 0 Å². The Hall–Kier alpha value is -3.40. The Morgan fingerprint density at radius 1 is 1.18 bits per heavy atom. The van der Waals surface area contributed by atoms with Gasteiger partial charge in [-0.05, 0) is 48.9 Å². The number of nitrogens with zero attached hydrogens (tertiary/aromatic N) is 3. The molecule has 0 unspecified atom stereocenters. The predicted octanol–water partition coefficient (Wildman–Crippen LogP) is 2.08. The van der Waals surface area contributed by atoms with Crippen LogP contribution in [0.2, 0.25) is 0 Å². The highest BCUT2D eigenvalue weighted by Crippen LogP contribution is 2.20. The van der Waals surface area contributed by atoms with Crippen molar-refractivity contribution in [2.24, 2.45) is 5.92 Å². The molecule has 0 bridgehead atoms. The number of ether oxygens (including phenoxy) is 2. The summed E-state index contributed by atoms with van der Waals surface area (Å²) in [7, 11) is 1.55. The number of fused-ring (bicyclic) bond motifs is 1. The number of hydrogen-bond donors (Lipinski definition) is 0. The van der Waals surface area contributed by atoms with Crippen LogP contribution in [0.1, 0.15) is 25.3 Å². The summed E-state index contributed by atoms with van der Waals surface area (Å²) in [4.78, 5) is 53.4. The number of thiophene rings is 1. The van der Waals surface area contributed by atoms with Crippen molar-refractivity contribution in [1.82, 2.24) is 14.0 Å². The lowest BCUT2D eigenvalue weighted by Crippen LogP contribution is -2.47. The summed E-state index contributed by atoms with van der Waals surface area (Å²) in [5, 5.41) is 1.74. The zero-order valence-electron chi connectivity index (χ0n) is 19.2. The van der Waals surface area contributed by atoms with E-state index in [1.54, 1.807) is 48.6 Å². The maximum atomic E-state index is 13.4. The van der Waals surface area contributed by atoms with E-state index in [2.05, 4.69) is 0 Å². The molecule has 34 heavy (non-hydrogen) atoms. The van der Waals surface area contributed by atoms with Crippen LogP contribution in [0.5, 0.6) is 5.75 Å². The van der Waals surface area contributed by atoms with Crippen molar-refractivity contribution in [3.8, 4) is 5.75 Å². The molecule has 10 heteroatoms. The largest absolute Gasteiger partial charge is 0.497 e. The Labute approximate surface area is 200 Å². The average molecular weight is 486 g/mol. The summed E-state index contributed by atoms with van der Waals surface area (Å²) in [6.07, 6.45) is 1.36. The van der Waals surface area contributed by atoms with Crippen LogP contribution in [0.15, 0.2) is 45.3 Å². The number of hydrogen-bond acceptors (Lipinski definition) is 7. The minimum atomic E-state index is -0.550. The highest BCUT2D eigenvalue weighted by atomic mass is 32.1. The van der Waals surface area contributed by atoms with Crippen molar-refractivity contribution in [3.05, 3.63) is 62.1 Å². The lowest BCUT2D eigenvalue weighted by Gasteiger charge is -2.31. The normalized spacial score (nSPS) is 15.9. The van der Waals surface area contributed by atoms with Crippen LogP contribution in [0, 0.1) is 5.92 Å². The molecule has 1 aliphatic heterocycles. The topological polar surface area (TPSA) is 99.8 Å². The average Bonchev–Trinajstić information content (AvgIpc) is 3.35. The fraction of sp³-hybridized carbons (Fsp3) is 0.417. The number of amides is 1. The van der Waals surface area contributed by atoms with E-state index in [4.69, 9.17) is 9.47 Å². The maximum Gasteiger partial charge on any atom is 0.332 e. The van der Waals surface area contributed by atoms with E-state index in [0.717, 1.165) is 10.1 Å². The van der Waals surface area contributed by atoms with Gasteiger partial charge >= 0.3 is 11.7 Å². The van der Waals surface area contributed by atoms with Crippen molar-refractivity contribution >= 4 is 33.4 Å². The van der Waals surface area contributed by atoms with Gasteiger partial charge in [0.05, 0.1) is 31.7 Å². The molecule has 1 saturated heterocycles. The molecule has 1 aromatic carbocycles. The van der Waals surface area contributed by atoms with Crippen LogP contribution in [-0.4, -0.2) is 52.7 Å². The number of carbonyl (C=O) groups excluding carboxylic acids is 2. The first-order valence-corrected chi connectivity index (χ1v) is 12.1. The van der Waals surface area contributed by atoms with E-state index in [1.807, 2.05) is 6.07 Å². The van der Waals surface area contributed by atoms with E-state index in [1.165, 1.54) is 15.9 Å². The molecular weight excluding hydrogens is 458 g/mol. The zero-order valence-corrected chi connectivity index (χ0v) is 20.0. The number of piperidine rings is 1. The first-order valence-electron chi connectivity index (χ1n) is 11.2. The minimum absolute atomic E-state index is 0.0611. The number of rotatable bonds is 7. The molecule has 4 rings (SSSR count). The molecule has 0 saturated carbocycles. The van der Waals surface area contributed by atoms with Gasteiger partial charge in [0, 0.05) is 13.1 Å². The molecule has 1 amide bonds. The minimum Gasteiger partial charge on any atom is -0.497 e. The standard InChI is InChI=1S/C24H27N3O6S/c1-3-33-23(30)17-7-5-10-25(14-17)20(28)15-26-19-9-11-34-21(19)22(29)27(24(26)31)13-16-6-4-8-18(12-16)32-2/h4,6,8-9,11-12,17H,3,5,7,10,13-15H2,1-2H3/t17-/m1/s1. The van der Waals surface area contributed by atoms with Crippen LogP contribution in [-0.2, 0) is 27.4 Å². The van der Waals surface area contributed by atoms with Gasteiger partial charge in [-0.15, -0.1) is 11.3 Å². The SMILES string of the molecule is CCOC(=O)[C@@H]1CCCN(C(=O)Cn2c(=O)n(Cc3cccc(OC)c3)c(=O)c3sccc32)C1. The van der Waals surface area contributed by atoms with E-state index in [9.17, 15) is 19.2 Å². The molecule has 1 fully saturated rings. The lowest BCUT2D eigenvalue weighted by molar-refractivity contribution is -0.151. The molecule has 1 aliphatic rings. The van der Waals surface area contributed by atoms with E-state index in [0.29, 0.717) is 42.0 Å². The van der Waals surface area contributed by atoms with Crippen LogP contribution >= 0.6 is 11.3 Å². The summed E-state index contributed by atoms with van der Waals surface area (Å²) < 4.78 is 13.3. The number of methoxy groups -OCH3 is 1. The molecule has 1 atom stereocenters. The monoisotopic (exact) mass is 485 g/mol. The van der Waals surface area contributed by atoms with Gasteiger partial charge in [-0.2, -0.15) is 0 Å². The number of likely N-dealkylation sites (tertiary alicyclic amines) is 1. The van der Waals surface area contributed by atoms with Crippen LogP contribution in [0.4, 0.5) is 0 Å². The van der Waals surface area contributed by atoms with Crippen molar-refractivity contribution in [3.63, 3.8) is 0 Å². The molecule has 0 spiro atoms. The Morgan fingerprint density at radius 3 is 2.76 bits per heavy atom. The van der Waals surface area contributed by atoms with Gasteiger partial charge in [-0.3, -0.25) is 23.5 Å². The van der Waals surface area contributed by atoms with Gasteiger partial charge in [0.15, 0.2) is 0 Å². The number of esters is 1. The molecule has 0 radical (unpaired) electrons. The van der Waals surface area contributed by atoms with E-state index in [-0.39, 0.29) is 43.0 Å². The number of carbonyl (C=O) groups is 2. The predicted molar refractivity (Wildman–Crippen MR) is 128 cm³/mol. The Kier molecular flexibility index (Phi) is 7.16. The molecular formula is C24H27N3O6S. The second-order valence-electron chi connectivity index (χ2n) is 8.18. The van der Waals surface area contributed by atoms with Crippen LogP contribution in [0.25, 0.3) is 10.2 Å². The fourth-order valence-corrected chi connectivity index (χ4v) is 5.11. The first-order chi connectivity index (χ1) is 16.4. The van der Waals surface area contributed by atoms with Gasteiger partial charge in [0.25, 0.3) is 5.56 Å². The third-order valence-electron chi connectivity index (χ3n) is 6.00. The molecule has 0 N–H and O–H groups in total. The fourth-order valence-electron chi connectivity index (χ4n) is 4.27.